The van der Waals surface area contributed by atoms with Gasteiger partial charge < -0.3 is 5.32 Å². The number of nitrogens with one attached hydrogen (secondary N) is 1. The lowest BCUT2D eigenvalue weighted by Gasteiger charge is -2.16. The number of carbonyl (C=O) groups excluding carboxylic acids is 1. The molecule has 2 fully saturated rings. The lowest BCUT2D eigenvalue weighted by Crippen LogP contribution is -2.31. The van der Waals surface area contributed by atoms with Crippen LogP contribution in [0.25, 0.3) is 0 Å². The molecule has 1 aromatic rings. The molecule has 0 spiro atoms. The van der Waals surface area contributed by atoms with Crippen LogP contribution in [0.5, 0.6) is 0 Å². The first-order valence-electron chi connectivity index (χ1n) is 7.15. The van der Waals surface area contributed by atoms with E-state index in [9.17, 15) is 14.9 Å². The average molecular weight is 310 g/mol. The number of carbonyl (C=O) groups is 1. The van der Waals surface area contributed by atoms with Gasteiger partial charge in [0.2, 0.25) is 5.15 Å². The number of nitrogens with zero attached hydrogens (tertiary/aromatic N) is 2. The van der Waals surface area contributed by atoms with Crippen LogP contribution >= 0.6 is 11.6 Å². The highest BCUT2D eigenvalue weighted by molar-refractivity contribution is 6.32. The van der Waals surface area contributed by atoms with Crippen LogP contribution < -0.4 is 5.32 Å². The van der Waals surface area contributed by atoms with Crippen molar-refractivity contribution in [2.45, 2.75) is 25.7 Å². The van der Waals surface area contributed by atoms with E-state index in [2.05, 4.69) is 10.3 Å². The second kappa shape index (κ2) is 5.60. The Labute approximate surface area is 127 Å². The first kappa shape index (κ1) is 14.3. The van der Waals surface area contributed by atoms with Gasteiger partial charge in [0, 0.05) is 12.7 Å². The molecule has 3 rings (SSSR count). The minimum absolute atomic E-state index is 0.0228. The second-order valence-electron chi connectivity index (χ2n) is 5.80. The lowest BCUT2D eigenvalue weighted by molar-refractivity contribution is -0.385. The Bertz CT molecular complexity index is 573. The van der Waals surface area contributed by atoms with Gasteiger partial charge >= 0.3 is 5.69 Å². The van der Waals surface area contributed by atoms with Crippen LogP contribution in [-0.4, -0.2) is 22.4 Å². The monoisotopic (exact) mass is 309 g/mol. The van der Waals surface area contributed by atoms with Crippen molar-refractivity contribution >= 4 is 23.2 Å². The van der Waals surface area contributed by atoms with Crippen LogP contribution in [0.2, 0.25) is 5.15 Å². The maximum atomic E-state index is 12.2. The molecule has 0 atom stereocenters. The molecule has 1 N–H and O–H groups in total. The van der Waals surface area contributed by atoms with Gasteiger partial charge in [-0.15, -0.1) is 0 Å². The number of amides is 1. The van der Waals surface area contributed by atoms with E-state index < -0.39 is 16.5 Å². The second-order valence-corrected chi connectivity index (χ2v) is 6.16. The number of halogens is 1. The highest BCUT2D eigenvalue weighted by Crippen LogP contribution is 2.48. The molecule has 0 saturated heterocycles. The predicted octanol–water partition coefficient (Wildman–Crippen LogP) is 2.81. The van der Waals surface area contributed by atoms with Gasteiger partial charge in [-0.1, -0.05) is 11.6 Å². The lowest BCUT2D eigenvalue weighted by atomic mass is 9.98. The van der Waals surface area contributed by atoms with Crippen LogP contribution in [0.1, 0.15) is 36.0 Å². The molecular weight excluding hydrogens is 294 g/mol. The van der Waals surface area contributed by atoms with Crippen LogP contribution in [0.15, 0.2) is 12.3 Å². The summed E-state index contributed by atoms with van der Waals surface area (Å²) in [6.07, 6.45) is 6.25. The van der Waals surface area contributed by atoms with Crippen molar-refractivity contribution in [2.24, 2.45) is 17.8 Å². The van der Waals surface area contributed by atoms with Crippen molar-refractivity contribution in [3.05, 3.63) is 33.1 Å². The van der Waals surface area contributed by atoms with Gasteiger partial charge in [-0.05, 0) is 49.5 Å². The van der Waals surface area contributed by atoms with Gasteiger partial charge in [0.1, 0.15) is 5.56 Å². The molecule has 112 valence electrons. The number of hydrogen-bond donors (Lipinski definition) is 1. The summed E-state index contributed by atoms with van der Waals surface area (Å²) in [5, 5.41) is 13.6. The molecule has 0 unspecified atom stereocenters. The quantitative estimate of drug-likeness (QED) is 0.497. The first-order valence-corrected chi connectivity index (χ1v) is 7.53. The molecule has 2 saturated carbocycles. The Morgan fingerprint density at radius 2 is 2.05 bits per heavy atom. The number of pyridine rings is 1. The third-order valence-electron chi connectivity index (χ3n) is 4.26. The van der Waals surface area contributed by atoms with Crippen molar-refractivity contribution in [1.29, 1.82) is 0 Å². The summed E-state index contributed by atoms with van der Waals surface area (Å²) in [4.78, 5) is 26.2. The molecule has 1 heterocycles. The van der Waals surface area contributed by atoms with Gasteiger partial charge in [0.05, 0.1) is 4.92 Å². The summed E-state index contributed by atoms with van der Waals surface area (Å²) in [7, 11) is 0. The zero-order valence-corrected chi connectivity index (χ0v) is 12.2. The highest BCUT2D eigenvalue weighted by Gasteiger charge is 2.41. The summed E-state index contributed by atoms with van der Waals surface area (Å²) >= 11 is 5.72. The molecule has 2 aliphatic carbocycles. The van der Waals surface area contributed by atoms with Gasteiger partial charge in [-0.3, -0.25) is 14.9 Å². The van der Waals surface area contributed by atoms with Gasteiger partial charge in [0.25, 0.3) is 5.91 Å². The van der Waals surface area contributed by atoms with E-state index in [0.29, 0.717) is 24.3 Å². The minimum Gasteiger partial charge on any atom is -0.352 e. The smallest absolute Gasteiger partial charge is 0.319 e. The van der Waals surface area contributed by atoms with E-state index in [1.165, 1.54) is 37.9 Å². The summed E-state index contributed by atoms with van der Waals surface area (Å²) < 4.78 is 0. The summed E-state index contributed by atoms with van der Waals surface area (Å²) in [6.45, 7) is 0.589. The number of nitro groups is 1. The maximum Gasteiger partial charge on any atom is 0.319 e. The van der Waals surface area contributed by atoms with Gasteiger partial charge in [0.15, 0.2) is 0 Å². The highest BCUT2D eigenvalue weighted by atomic mass is 35.5. The Morgan fingerprint density at radius 1 is 1.43 bits per heavy atom. The van der Waals surface area contributed by atoms with E-state index in [4.69, 9.17) is 11.6 Å². The molecule has 2 aliphatic rings. The Hall–Kier alpha value is -1.69. The minimum atomic E-state index is -0.663. The van der Waals surface area contributed by atoms with E-state index in [-0.39, 0.29) is 10.7 Å². The Morgan fingerprint density at radius 3 is 2.57 bits per heavy atom. The number of aromatic nitrogens is 1. The zero-order valence-electron chi connectivity index (χ0n) is 11.4. The van der Waals surface area contributed by atoms with Gasteiger partial charge in [-0.25, -0.2) is 4.98 Å². The predicted molar refractivity (Wildman–Crippen MR) is 77.2 cm³/mol. The largest absolute Gasteiger partial charge is 0.352 e. The van der Waals surface area contributed by atoms with Crippen molar-refractivity contribution in [3.8, 4) is 0 Å². The normalized spacial score (nSPS) is 17.8. The zero-order chi connectivity index (χ0) is 15.0. The van der Waals surface area contributed by atoms with E-state index in [0.717, 1.165) is 0 Å². The van der Waals surface area contributed by atoms with Crippen LogP contribution in [0, 0.1) is 27.9 Å². The summed E-state index contributed by atoms with van der Waals surface area (Å²) in [5.74, 6) is 1.50. The topological polar surface area (TPSA) is 85.1 Å². The molecule has 0 aliphatic heterocycles. The summed E-state index contributed by atoms with van der Waals surface area (Å²) in [6, 6.07) is 1.34. The molecule has 1 amide bonds. The van der Waals surface area contributed by atoms with E-state index >= 15 is 0 Å². The molecule has 0 bridgehead atoms. The fraction of sp³-hybridized carbons (Fsp3) is 0.571. The van der Waals surface area contributed by atoms with Gasteiger partial charge in [-0.2, -0.15) is 0 Å². The van der Waals surface area contributed by atoms with E-state index in [1.807, 2.05) is 0 Å². The molecule has 7 heteroatoms. The molecule has 0 aromatic carbocycles. The average Bonchev–Trinajstić information content (AvgIpc) is 3.31. The van der Waals surface area contributed by atoms with E-state index in [1.54, 1.807) is 0 Å². The first-order chi connectivity index (χ1) is 10.1. The number of hydrogen-bond acceptors (Lipinski definition) is 4. The van der Waals surface area contributed by atoms with Crippen LogP contribution in [0.4, 0.5) is 5.69 Å². The standard InChI is InChI=1S/C14H16ClN3O3/c15-13-12(18(20)21)10(5-6-16-13)14(19)17-7-11(8-1-2-8)9-3-4-9/h5-6,8-9,11H,1-4,7H2,(H,17,19). The fourth-order valence-corrected chi connectivity index (χ4v) is 3.09. The molecule has 1 aromatic heterocycles. The Balaban J connectivity index is 1.70. The van der Waals surface area contributed by atoms with Crippen LogP contribution in [0.3, 0.4) is 0 Å². The van der Waals surface area contributed by atoms with Crippen molar-refractivity contribution in [3.63, 3.8) is 0 Å². The SMILES string of the molecule is O=C(NCC(C1CC1)C1CC1)c1ccnc(Cl)c1[N+](=O)[O-]. The molecule has 21 heavy (non-hydrogen) atoms. The van der Waals surface area contributed by atoms with Crippen LogP contribution in [-0.2, 0) is 0 Å². The van der Waals surface area contributed by atoms with Crippen molar-refractivity contribution in [1.82, 2.24) is 10.3 Å². The van der Waals surface area contributed by atoms with Crippen molar-refractivity contribution < 1.29 is 9.72 Å². The third kappa shape index (κ3) is 3.15. The number of rotatable bonds is 6. The van der Waals surface area contributed by atoms with Crippen molar-refractivity contribution in [2.75, 3.05) is 6.54 Å². The summed E-state index contributed by atoms with van der Waals surface area (Å²) in [5.41, 5.74) is -0.448. The molecular formula is C14H16ClN3O3. The maximum absolute atomic E-state index is 12.2. The fourth-order valence-electron chi connectivity index (χ4n) is 2.86. The third-order valence-corrected chi connectivity index (χ3v) is 4.54. The molecule has 6 nitrogen and oxygen atoms in total. The Kier molecular flexibility index (Phi) is 3.80. The molecule has 0 radical (unpaired) electrons.